The molecule has 0 saturated heterocycles. The first-order valence-corrected chi connectivity index (χ1v) is 7.96. The molecule has 0 bridgehead atoms. The van der Waals surface area contributed by atoms with Crippen molar-refractivity contribution in [3.8, 4) is 5.75 Å². The van der Waals surface area contributed by atoms with Crippen LogP contribution in [-0.4, -0.2) is 24.2 Å². The minimum Gasteiger partial charge on any atom is -0.496 e. The number of esters is 1. The van der Waals surface area contributed by atoms with Crippen LogP contribution < -0.4 is 10.5 Å². The van der Waals surface area contributed by atoms with Gasteiger partial charge in [0.1, 0.15) is 11.9 Å². The molecular formula is C19H21NO4. The van der Waals surface area contributed by atoms with Crippen molar-refractivity contribution in [2.45, 2.75) is 31.1 Å². The number of hydrogen-bond acceptors (Lipinski definition) is 5. The molecule has 5 nitrogen and oxygen atoms in total. The van der Waals surface area contributed by atoms with Crippen molar-refractivity contribution < 1.29 is 19.4 Å². The van der Waals surface area contributed by atoms with E-state index >= 15 is 0 Å². The molecule has 3 atom stereocenters. The number of ether oxygens (including phenoxy) is 2. The van der Waals surface area contributed by atoms with Crippen LogP contribution in [0.5, 0.6) is 5.75 Å². The molecule has 0 heterocycles. The first-order chi connectivity index (χ1) is 11.6. The number of fused-ring (bicyclic) bond motifs is 1. The predicted molar refractivity (Wildman–Crippen MR) is 89.5 cm³/mol. The lowest BCUT2D eigenvalue weighted by molar-refractivity contribution is -0.161. The van der Waals surface area contributed by atoms with Crippen LogP contribution in [0.1, 0.15) is 35.3 Å². The van der Waals surface area contributed by atoms with Crippen molar-refractivity contribution in [1.82, 2.24) is 0 Å². The SMILES string of the molecule is COc1cccc2c1CC[C@H](N)C2OC(=O)[C@@H](O)c1ccccc1. The van der Waals surface area contributed by atoms with E-state index in [9.17, 15) is 9.90 Å². The fourth-order valence-corrected chi connectivity index (χ4v) is 3.11. The van der Waals surface area contributed by atoms with Crippen LogP contribution in [-0.2, 0) is 16.0 Å². The average Bonchev–Trinajstić information content (AvgIpc) is 2.63. The van der Waals surface area contributed by atoms with E-state index in [0.29, 0.717) is 12.0 Å². The van der Waals surface area contributed by atoms with Crippen molar-refractivity contribution in [3.63, 3.8) is 0 Å². The Hall–Kier alpha value is -2.37. The van der Waals surface area contributed by atoms with E-state index in [1.54, 1.807) is 31.4 Å². The molecule has 24 heavy (non-hydrogen) atoms. The summed E-state index contributed by atoms with van der Waals surface area (Å²) in [7, 11) is 1.62. The molecule has 0 aromatic heterocycles. The van der Waals surface area contributed by atoms with E-state index in [0.717, 1.165) is 23.3 Å². The van der Waals surface area contributed by atoms with Gasteiger partial charge < -0.3 is 20.3 Å². The predicted octanol–water partition coefficient (Wildman–Crippen LogP) is 2.29. The standard InChI is InChI=1S/C19H21NO4/c1-23-16-9-5-8-14-13(16)10-11-15(20)18(14)24-19(22)17(21)12-6-3-2-4-7-12/h2-9,15,17-18,21H,10-11,20H2,1H3/t15-,17-,18?/m0/s1. The van der Waals surface area contributed by atoms with Crippen LogP contribution in [0.3, 0.4) is 0 Å². The summed E-state index contributed by atoms with van der Waals surface area (Å²) in [6, 6.07) is 14.0. The smallest absolute Gasteiger partial charge is 0.340 e. The van der Waals surface area contributed by atoms with Crippen molar-refractivity contribution in [2.24, 2.45) is 5.73 Å². The zero-order valence-electron chi connectivity index (χ0n) is 13.5. The van der Waals surface area contributed by atoms with Crippen LogP contribution >= 0.6 is 0 Å². The second kappa shape index (κ2) is 7.03. The minimum absolute atomic E-state index is 0.309. The summed E-state index contributed by atoms with van der Waals surface area (Å²) in [5.41, 5.74) is 8.53. The maximum Gasteiger partial charge on any atom is 0.340 e. The molecule has 126 valence electrons. The van der Waals surface area contributed by atoms with Gasteiger partial charge in [-0.15, -0.1) is 0 Å². The molecule has 3 rings (SSSR count). The van der Waals surface area contributed by atoms with Gasteiger partial charge >= 0.3 is 5.97 Å². The molecule has 1 unspecified atom stereocenters. The summed E-state index contributed by atoms with van der Waals surface area (Å²) in [4.78, 5) is 12.4. The zero-order valence-corrected chi connectivity index (χ0v) is 13.5. The normalized spacial score (nSPS) is 20.8. The van der Waals surface area contributed by atoms with Crippen LogP contribution in [0.2, 0.25) is 0 Å². The van der Waals surface area contributed by atoms with Gasteiger partial charge in [-0.05, 0) is 24.5 Å². The van der Waals surface area contributed by atoms with Crippen molar-refractivity contribution in [1.29, 1.82) is 0 Å². The molecule has 0 fully saturated rings. The summed E-state index contributed by atoms with van der Waals surface area (Å²) in [6.45, 7) is 0. The third kappa shape index (κ3) is 3.13. The van der Waals surface area contributed by atoms with Crippen molar-refractivity contribution in [2.75, 3.05) is 7.11 Å². The highest BCUT2D eigenvalue weighted by Crippen LogP contribution is 2.37. The van der Waals surface area contributed by atoms with Gasteiger partial charge in [-0.1, -0.05) is 42.5 Å². The molecule has 3 N–H and O–H groups in total. The van der Waals surface area contributed by atoms with Crippen LogP contribution in [0.25, 0.3) is 0 Å². The minimum atomic E-state index is -1.32. The van der Waals surface area contributed by atoms with E-state index in [1.807, 2.05) is 24.3 Å². The summed E-state index contributed by atoms with van der Waals surface area (Å²) in [5.74, 6) is 0.0707. The van der Waals surface area contributed by atoms with Gasteiger partial charge in [0.15, 0.2) is 6.10 Å². The number of carbonyl (C=O) groups is 1. The lowest BCUT2D eigenvalue weighted by atomic mass is 9.85. The maximum atomic E-state index is 12.4. The van der Waals surface area contributed by atoms with Crippen LogP contribution in [0, 0.1) is 0 Å². The van der Waals surface area contributed by atoms with Crippen molar-refractivity contribution >= 4 is 5.97 Å². The highest BCUT2D eigenvalue weighted by atomic mass is 16.6. The molecule has 5 heteroatoms. The van der Waals surface area contributed by atoms with Gasteiger partial charge in [0, 0.05) is 17.2 Å². The number of methoxy groups -OCH3 is 1. The number of benzene rings is 2. The van der Waals surface area contributed by atoms with Crippen LogP contribution in [0.15, 0.2) is 48.5 Å². The molecule has 0 radical (unpaired) electrons. The first-order valence-electron chi connectivity index (χ1n) is 7.96. The van der Waals surface area contributed by atoms with E-state index in [2.05, 4.69) is 0 Å². The van der Waals surface area contributed by atoms with Gasteiger partial charge in [-0.3, -0.25) is 0 Å². The average molecular weight is 327 g/mol. The zero-order chi connectivity index (χ0) is 17.1. The summed E-state index contributed by atoms with van der Waals surface area (Å²) in [5, 5.41) is 10.2. The van der Waals surface area contributed by atoms with Gasteiger partial charge in [0.25, 0.3) is 0 Å². The molecule has 1 aliphatic carbocycles. The largest absolute Gasteiger partial charge is 0.496 e. The third-order valence-electron chi connectivity index (χ3n) is 4.39. The lowest BCUT2D eigenvalue weighted by Crippen LogP contribution is -2.37. The molecule has 0 saturated carbocycles. The number of aliphatic hydroxyl groups is 1. The van der Waals surface area contributed by atoms with E-state index < -0.39 is 18.2 Å². The number of carbonyl (C=O) groups excluding carboxylic acids is 1. The summed E-state index contributed by atoms with van der Waals surface area (Å²) < 4.78 is 11.0. The van der Waals surface area contributed by atoms with E-state index in [1.165, 1.54) is 0 Å². The van der Waals surface area contributed by atoms with Gasteiger partial charge in [0.2, 0.25) is 0 Å². The number of hydrogen-bond donors (Lipinski definition) is 2. The Labute approximate surface area is 141 Å². The van der Waals surface area contributed by atoms with Gasteiger partial charge in [-0.25, -0.2) is 4.79 Å². The van der Waals surface area contributed by atoms with Crippen molar-refractivity contribution in [3.05, 3.63) is 65.2 Å². The fraction of sp³-hybridized carbons (Fsp3) is 0.316. The topological polar surface area (TPSA) is 81.8 Å². The molecule has 0 aliphatic heterocycles. The first kappa shape index (κ1) is 16.5. The monoisotopic (exact) mass is 327 g/mol. The molecule has 1 aliphatic rings. The van der Waals surface area contributed by atoms with Gasteiger partial charge in [0.05, 0.1) is 7.11 Å². The highest BCUT2D eigenvalue weighted by Gasteiger charge is 2.33. The second-order valence-electron chi connectivity index (χ2n) is 5.90. The molecule has 2 aromatic rings. The molecule has 0 amide bonds. The lowest BCUT2D eigenvalue weighted by Gasteiger charge is -2.32. The molecule has 2 aromatic carbocycles. The fourth-order valence-electron chi connectivity index (χ4n) is 3.11. The Bertz CT molecular complexity index is 717. The third-order valence-corrected chi connectivity index (χ3v) is 4.39. The quantitative estimate of drug-likeness (QED) is 0.842. The molecule has 0 spiro atoms. The Kier molecular flexibility index (Phi) is 4.83. The Morgan fingerprint density at radius 1 is 1.21 bits per heavy atom. The number of aliphatic hydroxyl groups excluding tert-OH is 1. The maximum absolute atomic E-state index is 12.4. The van der Waals surface area contributed by atoms with E-state index in [4.69, 9.17) is 15.2 Å². The van der Waals surface area contributed by atoms with E-state index in [-0.39, 0.29) is 6.04 Å². The number of rotatable bonds is 4. The Balaban J connectivity index is 1.84. The molecular weight excluding hydrogens is 306 g/mol. The number of nitrogens with two attached hydrogens (primary N) is 1. The summed E-state index contributed by atoms with van der Waals surface area (Å²) in [6.07, 6.45) is -0.452. The summed E-state index contributed by atoms with van der Waals surface area (Å²) >= 11 is 0. The highest BCUT2D eigenvalue weighted by molar-refractivity contribution is 5.76. The Morgan fingerprint density at radius 3 is 2.67 bits per heavy atom. The van der Waals surface area contributed by atoms with Crippen LogP contribution in [0.4, 0.5) is 0 Å². The van der Waals surface area contributed by atoms with Gasteiger partial charge in [-0.2, -0.15) is 0 Å². The second-order valence-corrected chi connectivity index (χ2v) is 5.90. The Morgan fingerprint density at radius 2 is 1.96 bits per heavy atom.